The minimum Gasteiger partial charge on any atom is -0.490 e. The zero-order valence-corrected chi connectivity index (χ0v) is 14.4. The molecule has 22 heavy (non-hydrogen) atoms. The van der Waals surface area contributed by atoms with E-state index in [9.17, 15) is 8.42 Å². The lowest BCUT2D eigenvalue weighted by Crippen LogP contribution is -2.41. The lowest BCUT2D eigenvalue weighted by Gasteiger charge is -2.32. The van der Waals surface area contributed by atoms with Gasteiger partial charge in [0.2, 0.25) is 10.0 Å². The fraction of sp³-hybridized carbons (Fsp3) is 0.625. The standard InChI is InChI=1S/C16H25NO4S/c1-4-20-15-10-9-14(12-16(15)21-5-2)22(18,19)17-11-7-6-8-13(17)3/h9-10,12-13H,4-8,11H2,1-3H3. The lowest BCUT2D eigenvalue weighted by atomic mass is 10.1. The SMILES string of the molecule is CCOc1ccc(S(=O)(=O)N2CCCCC2C)cc1OCC. The van der Waals surface area contributed by atoms with Gasteiger partial charge in [-0.15, -0.1) is 0 Å². The van der Waals surface area contributed by atoms with Gasteiger partial charge in [-0.2, -0.15) is 4.31 Å². The minimum absolute atomic E-state index is 0.0425. The molecule has 1 aliphatic heterocycles. The Labute approximate surface area is 133 Å². The Balaban J connectivity index is 2.36. The number of sulfonamides is 1. The first-order valence-electron chi connectivity index (χ1n) is 7.92. The Bertz CT molecular complexity index is 600. The van der Waals surface area contributed by atoms with E-state index in [1.54, 1.807) is 22.5 Å². The number of benzene rings is 1. The fourth-order valence-corrected chi connectivity index (χ4v) is 4.47. The van der Waals surface area contributed by atoms with E-state index in [0.29, 0.717) is 31.3 Å². The summed E-state index contributed by atoms with van der Waals surface area (Å²) in [6, 6.07) is 4.89. The predicted molar refractivity (Wildman–Crippen MR) is 86.0 cm³/mol. The van der Waals surface area contributed by atoms with Gasteiger partial charge in [0.1, 0.15) is 0 Å². The molecule has 5 nitrogen and oxygen atoms in total. The Kier molecular flexibility index (Phi) is 5.69. The van der Waals surface area contributed by atoms with Crippen LogP contribution in [0.15, 0.2) is 23.1 Å². The maximum atomic E-state index is 12.9. The zero-order valence-electron chi connectivity index (χ0n) is 13.5. The summed E-state index contributed by atoms with van der Waals surface area (Å²) in [5.41, 5.74) is 0. The van der Waals surface area contributed by atoms with Crippen molar-refractivity contribution in [1.82, 2.24) is 4.31 Å². The lowest BCUT2D eigenvalue weighted by molar-refractivity contribution is 0.268. The number of ether oxygens (including phenoxy) is 2. The van der Waals surface area contributed by atoms with Crippen LogP contribution in [0.2, 0.25) is 0 Å². The maximum absolute atomic E-state index is 12.9. The summed E-state index contributed by atoms with van der Waals surface area (Å²) in [5, 5.41) is 0. The van der Waals surface area contributed by atoms with Crippen LogP contribution in [0.1, 0.15) is 40.0 Å². The van der Waals surface area contributed by atoms with Crippen molar-refractivity contribution in [3.8, 4) is 11.5 Å². The van der Waals surface area contributed by atoms with E-state index in [1.807, 2.05) is 20.8 Å². The summed E-state index contributed by atoms with van der Waals surface area (Å²) in [6.45, 7) is 7.27. The van der Waals surface area contributed by atoms with Crippen LogP contribution >= 0.6 is 0 Å². The van der Waals surface area contributed by atoms with Gasteiger partial charge in [0, 0.05) is 18.7 Å². The Hall–Kier alpha value is -1.27. The average molecular weight is 327 g/mol. The normalized spacial score (nSPS) is 19.9. The summed E-state index contributed by atoms with van der Waals surface area (Å²) in [7, 11) is -3.49. The molecule has 124 valence electrons. The Morgan fingerprint density at radius 2 is 1.82 bits per heavy atom. The van der Waals surface area contributed by atoms with Crippen LogP contribution in [0.4, 0.5) is 0 Å². The summed E-state index contributed by atoms with van der Waals surface area (Å²) >= 11 is 0. The topological polar surface area (TPSA) is 55.8 Å². The molecule has 1 unspecified atom stereocenters. The first kappa shape index (κ1) is 17.1. The van der Waals surface area contributed by atoms with Gasteiger partial charge < -0.3 is 9.47 Å². The highest BCUT2D eigenvalue weighted by molar-refractivity contribution is 7.89. The van der Waals surface area contributed by atoms with Crippen LogP contribution in [0.3, 0.4) is 0 Å². The van der Waals surface area contributed by atoms with E-state index < -0.39 is 10.0 Å². The minimum atomic E-state index is -3.49. The molecule has 1 aromatic carbocycles. The Morgan fingerprint density at radius 3 is 2.45 bits per heavy atom. The molecule has 0 amide bonds. The molecule has 0 saturated carbocycles. The van der Waals surface area contributed by atoms with E-state index in [2.05, 4.69) is 0 Å². The summed E-state index contributed by atoms with van der Waals surface area (Å²) in [4.78, 5) is 0.271. The van der Waals surface area contributed by atoms with Crippen molar-refractivity contribution in [3.05, 3.63) is 18.2 Å². The van der Waals surface area contributed by atoms with Crippen molar-refractivity contribution in [2.75, 3.05) is 19.8 Å². The highest BCUT2D eigenvalue weighted by Crippen LogP contribution is 2.33. The van der Waals surface area contributed by atoms with Crippen LogP contribution in [-0.4, -0.2) is 38.5 Å². The van der Waals surface area contributed by atoms with E-state index in [4.69, 9.17) is 9.47 Å². The third-order valence-electron chi connectivity index (χ3n) is 3.86. The first-order valence-corrected chi connectivity index (χ1v) is 9.36. The van der Waals surface area contributed by atoms with Gasteiger partial charge in [-0.3, -0.25) is 0 Å². The summed E-state index contributed by atoms with van der Waals surface area (Å²) < 4.78 is 38.3. The second-order valence-electron chi connectivity index (χ2n) is 5.44. The third-order valence-corrected chi connectivity index (χ3v) is 5.87. The van der Waals surface area contributed by atoms with Gasteiger partial charge in [0.25, 0.3) is 0 Å². The number of nitrogens with zero attached hydrogens (tertiary/aromatic N) is 1. The van der Waals surface area contributed by atoms with Gasteiger partial charge in [-0.1, -0.05) is 6.42 Å². The van der Waals surface area contributed by atoms with Crippen molar-refractivity contribution in [1.29, 1.82) is 0 Å². The largest absolute Gasteiger partial charge is 0.490 e. The molecule has 0 spiro atoms. The number of hydrogen-bond donors (Lipinski definition) is 0. The van der Waals surface area contributed by atoms with Crippen LogP contribution in [0.25, 0.3) is 0 Å². The fourth-order valence-electron chi connectivity index (χ4n) is 2.76. The van der Waals surface area contributed by atoms with E-state index in [1.165, 1.54) is 0 Å². The van der Waals surface area contributed by atoms with Crippen molar-refractivity contribution in [2.24, 2.45) is 0 Å². The average Bonchev–Trinajstić information content (AvgIpc) is 2.49. The smallest absolute Gasteiger partial charge is 0.243 e. The van der Waals surface area contributed by atoms with E-state index >= 15 is 0 Å². The predicted octanol–water partition coefficient (Wildman–Crippen LogP) is 3.05. The molecule has 1 atom stereocenters. The second kappa shape index (κ2) is 7.33. The highest BCUT2D eigenvalue weighted by atomic mass is 32.2. The molecule has 6 heteroatoms. The molecule has 1 fully saturated rings. The van der Waals surface area contributed by atoms with Crippen molar-refractivity contribution >= 4 is 10.0 Å². The van der Waals surface area contributed by atoms with Crippen LogP contribution < -0.4 is 9.47 Å². The van der Waals surface area contributed by atoms with Crippen LogP contribution in [0.5, 0.6) is 11.5 Å². The van der Waals surface area contributed by atoms with Gasteiger partial charge in [0.05, 0.1) is 18.1 Å². The summed E-state index contributed by atoms with van der Waals surface area (Å²) in [5.74, 6) is 1.06. The number of piperidine rings is 1. The van der Waals surface area contributed by atoms with E-state index in [0.717, 1.165) is 19.3 Å². The Morgan fingerprint density at radius 1 is 1.14 bits per heavy atom. The number of rotatable bonds is 6. The number of hydrogen-bond acceptors (Lipinski definition) is 4. The molecule has 1 saturated heterocycles. The molecule has 1 aromatic rings. The van der Waals surface area contributed by atoms with Crippen molar-refractivity contribution in [2.45, 2.75) is 51.0 Å². The second-order valence-corrected chi connectivity index (χ2v) is 7.33. The van der Waals surface area contributed by atoms with E-state index in [-0.39, 0.29) is 10.9 Å². The molecule has 0 bridgehead atoms. The zero-order chi connectivity index (χ0) is 16.2. The van der Waals surface area contributed by atoms with Crippen molar-refractivity contribution in [3.63, 3.8) is 0 Å². The monoisotopic (exact) mass is 327 g/mol. The first-order chi connectivity index (χ1) is 10.5. The third kappa shape index (κ3) is 3.55. The molecule has 0 aromatic heterocycles. The molecular weight excluding hydrogens is 302 g/mol. The van der Waals surface area contributed by atoms with Gasteiger partial charge in [0.15, 0.2) is 11.5 Å². The van der Waals surface area contributed by atoms with Gasteiger partial charge in [-0.05, 0) is 45.7 Å². The maximum Gasteiger partial charge on any atom is 0.243 e. The molecule has 0 radical (unpaired) electrons. The molecule has 1 heterocycles. The molecule has 0 N–H and O–H groups in total. The quantitative estimate of drug-likeness (QED) is 0.806. The molecular formula is C16H25NO4S. The summed E-state index contributed by atoms with van der Waals surface area (Å²) in [6.07, 6.45) is 2.91. The van der Waals surface area contributed by atoms with Crippen molar-refractivity contribution < 1.29 is 17.9 Å². The molecule has 0 aliphatic carbocycles. The highest BCUT2D eigenvalue weighted by Gasteiger charge is 2.31. The molecule has 2 rings (SSSR count). The molecule has 1 aliphatic rings. The van der Waals surface area contributed by atoms with Gasteiger partial charge in [-0.25, -0.2) is 8.42 Å². The van der Waals surface area contributed by atoms with Gasteiger partial charge >= 0.3 is 0 Å². The van der Waals surface area contributed by atoms with Crippen LogP contribution in [0, 0.1) is 0 Å². The van der Waals surface area contributed by atoms with Crippen LogP contribution in [-0.2, 0) is 10.0 Å².